The van der Waals surface area contributed by atoms with Crippen LogP contribution in [0.1, 0.15) is 77.1 Å². The smallest absolute Gasteiger partial charge is 0 e. The Kier molecular flexibility index (Phi) is 0. The van der Waals surface area contributed by atoms with Gasteiger partial charge in [-0.15, -0.1) is 0 Å². The van der Waals surface area contributed by atoms with Gasteiger partial charge in [-0.2, -0.15) is 0 Å². The van der Waals surface area contributed by atoms with Crippen molar-refractivity contribution in [1.82, 2.24) is 0 Å². The van der Waals surface area contributed by atoms with E-state index >= 15 is 0 Å². The molecule has 10 heavy (non-hydrogen) atoms. The highest BCUT2D eigenvalue weighted by Gasteiger charge is -0.0686. The summed E-state index contributed by atoms with van der Waals surface area (Å²) in [6, 6.07) is 0. The summed E-state index contributed by atoms with van der Waals surface area (Å²) in [4.78, 5) is 0. The Hall–Kier alpha value is 0. The first-order valence-corrected chi connectivity index (χ1v) is 0. The number of hydrogen-bond acceptors (Lipinski definition) is 0. The third-order valence-corrected chi connectivity index (χ3v) is 0. The van der Waals surface area contributed by atoms with Gasteiger partial charge in [-0.3, -0.25) is 0 Å². The molecule has 0 fully saturated rings. The molecule has 0 aromatic carbocycles. The quantitative estimate of drug-likeness (QED) is 0.371. The first-order valence-electron chi connectivity index (χ1n) is 0. The molecular weight excluding hydrogens is 120 g/mol. The van der Waals surface area contributed by atoms with Crippen LogP contribution in [0.2, 0.25) is 0 Å². The van der Waals surface area contributed by atoms with E-state index in [1.807, 2.05) is 0 Å². The van der Waals surface area contributed by atoms with Crippen LogP contribution in [0.3, 0.4) is 0 Å². The molecule has 0 spiro atoms. The minimum absolute atomic E-state index is 0. The Morgan fingerprint density at radius 2 is 0.200 bits per heavy atom. The molecular formula is C10H44. The second-order valence-electron chi connectivity index (χ2n) is 0. The SMILES string of the molecule is C.C.C.C.C.C.C.C.C.C.[3HH].[3HH]. The summed E-state index contributed by atoms with van der Waals surface area (Å²) in [7, 11) is 0. The second kappa shape index (κ2) is 0. The van der Waals surface area contributed by atoms with Crippen LogP contribution in [0, 0.1) is 0 Å². The van der Waals surface area contributed by atoms with Crippen molar-refractivity contribution >= 4 is 0 Å². The van der Waals surface area contributed by atoms with Crippen LogP contribution < -0.4 is 0 Å². The molecule has 0 amide bonds. The number of rotatable bonds is 0. The van der Waals surface area contributed by atoms with Gasteiger partial charge in [-0.05, 0) is 0 Å². The van der Waals surface area contributed by atoms with Gasteiger partial charge < -0.3 is 0 Å². The normalized spacial score (nSPS) is 0. The molecule has 0 N–H and O–H groups in total. The summed E-state index contributed by atoms with van der Waals surface area (Å²) in [6.45, 7) is 0. The van der Waals surface area contributed by atoms with E-state index in [1.54, 1.807) is 0 Å². The fourth-order valence-corrected chi connectivity index (χ4v) is 0. The molecule has 84 valence electrons. The molecule has 0 aliphatic carbocycles. The molecule has 0 nitrogen and oxygen atoms in total. The van der Waals surface area contributed by atoms with Crippen LogP contribution in [0.25, 0.3) is 0 Å². The zero-order chi connectivity index (χ0) is 0. The average Bonchev–Trinajstić information content (AvgIpc) is 0. The van der Waals surface area contributed by atoms with Crippen molar-refractivity contribution in [2.75, 3.05) is 0 Å². The molecule has 0 saturated carbocycles. The van der Waals surface area contributed by atoms with Crippen LogP contribution >= 0.6 is 0 Å². The Bertz CT molecular complexity index is 7.80. The van der Waals surface area contributed by atoms with Crippen LogP contribution in [-0.2, 0) is 0 Å². The fraction of sp³-hybridized carbons (Fsp3) is 1.00. The first-order chi connectivity index (χ1) is 0. The molecule has 0 heteroatoms. The highest BCUT2D eigenvalue weighted by molar-refractivity contribution is 2.51. The second-order valence-corrected chi connectivity index (χ2v) is 0. The van der Waals surface area contributed by atoms with Crippen LogP contribution in [0.5, 0.6) is 0 Å². The standard InChI is InChI=1S/10CH4.2H2/h10*1H4;2*1H/i;;;;;;;;;;2*1+2. The lowest BCUT2D eigenvalue weighted by atomic mass is 12.0. The maximum absolute atomic E-state index is 0. The molecule has 0 radical (unpaired) electrons. The highest BCUT2D eigenvalue weighted by Crippen LogP contribution is 0.153. The monoisotopic (exact) mass is 168 g/mol. The summed E-state index contributed by atoms with van der Waals surface area (Å²) in [6.07, 6.45) is 0. The zero-order valence-corrected chi connectivity index (χ0v) is 0. The van der Waals surface area contributed by atoms with E-state index in [0.29, 0.717) is 0 Å². The molecule has 0 saturated heterocycles. The Labute approximate surface area is 78.0 Å². The van der Waals surface area contributed by atoms with E-state index in [0.717, 1.165) is 0 Å². The lowest BCUT2D eigenvalue weighted by molar-refractivity contribution is 2.50. The molecule has 0 aliphatic rings. The van der Waals surface area contributed by atoms with Crippen molar-refractivity contribution in [3.63, 3.8) is 0 Å². The summed E-state index contributed by atoms with van der Waals surface area (Å²) in [5.41, 5.74) is 0. The molecule has 0 rings (SSSR count). The van der Waals surface area contributed by atoms with E-state index in [9.17, 15) is 0 Å². The first kappa shape index (κ1) is 0. The van der Waals surface area contributed by atoms with Gasteiger partial charge >= 0.3 is 0 Å². The van der Waals surface area contributed by atoms with E-state index < -0.39 is 0 Å². The zero-order valence-electron chi connectivity index (χ0n) is 0. The summed E-state index contributed by atoms with van der Waals surface area (Å²) >= 11 is 0. The lowest BCUT2D eigenvalue weighted by Crippen LogP contribution is 0.143. The fourth-order valence-electron chi connectivity index (χ4n) is 0. The summed E-state index contributed by atoms with van der Waals surface area (Å²) in [5.74, 6) is 0. The van der Waals surface area contributed by atoms with Crippen molar-refractivity contribution in [3.8, 4) is 0 Å². The summed E-state index contributed by atoms with van der Waals surface area (Å²) < 4.78 is 0. The van der Waals surface area contributed by atoms with E-state index in [1.165, 1.54) is 0 Å². The molecule has 0 unspecified atom stereocenters. The maximum atomic E-state index is 0. The Balaban J connectivity index is 0. The molecule has 0 heterocycles. The van der Waals surface area contributed by atoms with Crippen molar-refractivity contribution in [1.29, 1.82) is 0 Å². The predicted molar refractivity (Wildman–Crippen MR) is 71.5 cm³/mol. The van der Waals surface area contributed by atoms with Crippen molar-refractivity contribution < 1.29 is 2.85 Å². The third-order valence-electron chi connectivity index (χ3n) is 0. The van der Waals surface area contributed by atoms with Crippen molar-refractivity contribution in [2.24, 2.45) is 0 Å². The maximum Gasteiger partial charge on any atom is 0 e. The topological polar surface area (TPSA) is 0 Å². The van der Waals surface area contributed by atoms with Gasteiger partial charge in [0, 0.05) is 2.85 Å². The van der Waals surface area contributed by atoms with Gasteiger partial charge in [-0.1, -0.05) is 74.3 Å². The average molecular weight is 168 g/mol. The number of hydrogen-bond donors (Lipinski definition) is 0. The minimum atomic E-state index is 0. The third kappa shape index (κ3) is 0. The van der Waals surface area contributed by atoms with Gasteiger partial charge in [0.2, 0.25) is 0 Å². The molecule has 0 atom stereocenters. The molecule has 0 aliphatic heterocycles. The molecule has 0 bridgehead atoms. The van der Waals surface area contributed by atoms with Gasteiger partial charge in [-0.25, -0.2) is 0 Å². The van der Waals surface area contributed by atoms with Crippen molar-refractivity contribution in [3.05, 3.63) is 0 Å². The van der Waals surface area contributed by atoms with Gasteiger partial charge in [0.1, 0.15) is 0 Å². The summed E-state index contributed by atoms with van der Waals surface area (Å²) in [5, 5.41) is 0. The highest BCUT2D eigenvalue weighted by atomic mass is 12.0. The molecule has 0 aromatic heterocycles. The van der Waals surface area contributed by atoms with Gasteiger partial charge in [0.15, 0.2) is 0 Å². The predicted octanol–water partition coefficient (Wildman–Crippen LogP) is 6.85. The minimum Gasteiger partial charge on any atom is -0.0776 e. The van der Waals surface area contributed by atoms with E-state index in [2.05, 4.69) is 0 Å². The van der Waals surface area contributed by atoms with E-state index in [4.69, 9.17) is 0 Å². The Morgan fingerprint density at radius 1 is 0.200 bits per heavy atom. The van der Waals surface area contributed by atoms with E-state index in [-0.39, 0.29) is 77.1 Å². The van der Waals surface area contributed by atoms with Crippen molar-refractivity contribution in [2.45, 2.75) is 74.3 Å². The van der Waals surface area contributed by atoms with Crippen LogP contribution in [0.15, 0.2) is 0 Å². The largest absolute Gasteiger partial charge is 0.0776 e. The Morgan fingerprint density at radius 3 is 0.200 bits per heavy atom. The van der Waals surface area contributed by atoms with Crippen LogP contribution in [-0.4, -0.2) is 0 Å². The van der Waals surface area contributed by atoms with Crippen LogP contribution in [0.4, 0.5) is 0 Å². The van der Waals surface area contributed by atoms with Gasteiger partial charge in [0.25, 0.3) is 0 Å². The molecule has 0 aromatic rings. The lowest BCUT2D eigenvalue weighted by Gasteiger charge is -0.0786. The van der Waals surface area contributed by atoms with Gasteiger partial charge in [0.05, 0.1) is 0 Å².